The minimum atomic E-state index is 0.516. The summed E-state index contributed by atoms with van der Waals surface area (Å²) in [5.74, 6) is 0.902. The maximum absolute atomic E-state index is 3.48. The Hall–Kier alpha value is -0.120. The van der Waals surface area contributed by atoms with Crippen molar-refractivity contribution in [1.29, 1.82) is 0 Å². The van der Waals surface area contributed by atoms with Crippen LogP contribution >= 0.6 is 0 Å². The lowest BCUT2D eigenvalue weighted by Gasteiger charge is -2.48. The highest BCUT2D eigenvalue weighted by Crippen LogP contribution is 2.40. The van der Waals surface area contributed by atoms with E-state index < -0.39 is 0 Å². The monoisotopic (exact) mass is 281 g/mol. The highest BCUT2D eigenvalue weighted by Gasteiger charge is 2.38. The smallest absolute Gasteiger partial charge is 0.0195 e. The van der Waals surface area contributed by atoms with Gasteiger partial charge in [-0.15, -0.1) is 0 Å². The number of nitrogens with zero attached hydrogens (tertiary/aromatic N) is 2. The molecule has 0 aromatic heterocycles. The van der Waals surface area contributed by atoms with Gasteiger partial charge in [-0.3, -0.25) is 9.80 Å². The molecule has 2 fully saturated rings. The van der Waals surface area contributed by atoms with E-state index in [1.54, 1.807) is 0 Å². The van der Waals surface area contributed by atoms with Crippen LogP contribution in [0.3, 0.4) is 0 Å². The average molecular weight is 281 g/mol. The standard InChI is InChI=1S/C17H35N3/c1-14-7-6-8-17(9-14,12-18-4)13-20-10-15(2)19(5)16(3)11-20/h14-16,18H,6-13H2,1-5H3. The van der Waals surface area contributed by atoms with Gasteiger partial charge in [0.1, 0.15) is 0 Å². The van der Waals surface area contributed by atoms with Crippen molar-refractivity contribution in [3.8, 4) is 0 Å². The second-order valence-electron chi connectivity index (χ2n) is 7.79. The van der Waals surface area contributed by atoms with E-state index >= 15 is 0 Å². The van der Waals surface area contributed by atoms with Gasteiger partial charge in [0.05, 0.1) is 0 Å². The summed E-state index contributed by atoms with van der Waals surface area (Å²) in [6.45, 7) is 12.1. The normalized spacial score (nSPS) is 41.0. The molecule has 4 unspecified atom stereocenters. The number of nitrogens with one attached hydrogen (secondary N) is 1. The van der Waals surface area contributed by atoms with Gasteiger partial charge >= 0.3 is 0 Å². The molecule has 2 rings (SSSR count). The first kappa shape index (κ1) is 16.3. The average Bonchev–Trinajstić information content (AvgIpc) is 2.36. The van der Waals surface area contributed by atoms with Crippen molar-refractivity contribution < 1.29 is 0 Å². The molecule has 1 saturated heterocycles. The number of hydrogen-bond donors (Lipinski definition) is 1. The Labute approximate surface area is 126 Å². The Morgan fingerprint density at radius 1 is 1.15 bits per heavy atom. The number of piperazine rings is 1. The van der Waals surface area contributed by atoms with Crippen molar-refractivity contribution in [3.63, 3.8) is 0 Å². The molecular weight excluding hydrogens is 246 g/mol. The summed E-state index contributed by atoms with van der Waals surface area (Å²) >= 11 is 0. The zero-order chi connectivity index (χ0) is 14.8. The summed E-state index contributed by atoms with van der Waals surface area (Å²) < 4.78 is 0. The van der Waals surface area contributed by atoms with Crippen LogP contribution in [0, 0.1) is 11.3 Å². The van der Waals surface area contributed by atoms with Gasteiger partial charge in [0.2, 0.25) is 0 Å². The van der Waals surface area contributed by atoms with Crippen LogP contribution in [0.2, 0.25) is 0 Å². The Balaban J connectivity index is 2.01. The molecule has 4 atom stereocenters. The fraction of sp³-hybridized carbons (Fsp3) is 1.00. The molecule has 0 radical (unpaired) electrons. The first-order chi connectivity index (χ1) is 9.46. The summed E-state index contributed by atoms with van der Waals surface area (Å²) in [6.07, 6.45) is 5.67. The molecule has 3 nitrogen and oxygen atoms in total. The van der Waals surface area contributed by atoms with Gasteiger partial charge in [0.25, 0.3) is 0 Å². The molecule has 0 amide bonds. The van der Waals surface area contributed by atoms with Crippen LogP contribution in [0.4, 0.5) is 0 Å². The Morgan fingerprint density at radius 3 is 2.35 bits per heavy atom. The Kier molecular flexibility index (Phi) is 5.49. The topological polar surface area (TPSA) is 18.5 Å². The lowest BCUT2D eigenvalue weighted by atomic mass is 9.69. The van der Waals surface area contributed by atoms with Crippen LogP contribution in [-0.2, 0) is 0 Å². The summed E-state index contributed by atoms with van der Waals surface area (Å²) in [4.78, 5) is 5.27. The highest BCUT2D eigenvalue weighted by molar-refractivity contribution is 4.92. The largest absolute Gasteiger partial charge is 0.319 e. The minimum absolute atomic E-state index is 0.516. The van der Waals surface area contributed by atoms with Crippen LogP contribution in [-0.4, -0.2) is 62.2 Å². The van der Waals surface area contributed by atoms with E-state index in [2.05, 4.69) is 50.0 Å². The molecule has 3 heteroatoms. The van der Waals surface area contributed by atoms with Gasteiger partial charge < -0.3 is 5.32 Å². The molecule has 118 valence electrons. The van der Waals surface area contributed by atoms with Crippen LogP contribution in [0.15, 0.2) is 0 Å². The molecule has 1 aliphatic heterocycles. The molecule has 20 heavy (non-hydrogen) atoms. The fourth-order valence-electron chi connectivity index (χ4n) is 4.62. The van der Waals surface area contributed by atoms with Gasteiger partial charge in [0, 0.05) is 38.3 Å². The van der Waals surface area contributed by atoms with Gasteiger partial charge in [0.15, 0.2) is 0 Å². The zero-order valence-corrected chi connectivity index (χ0v) is 14.3. The van der Waals surface area contributed by atoms with E-state index in [-0.39, 0.29) is 0 Å². The molecule has 0 bridgehead atoms. The van der Waals surface area contributed by atoms with Crippen LogP contribution < -0.4 is 5.32 Å². The van der Waals surface area contributed by atoms with Gasteiger partial charge in [-0.1, -0.05) is 19.8 Å². The van der Waals surface area contributed by atoms with Crippen molar-refractivity contribution in [2.45, 2.75) is 58.5 Å². The molecule has 0 spiro atoms. The Morgan fingerprint density at radius 2 is 1.80 bits per heavy atom. The van der Waals surface area contributed by atoms with Crippen molar-refractivity contribution in [2.75, 3.05) is 40.3 Å². The fourth-order valence-corrected chi connectivity index (χ4v) is 4.62. The van der Waals surface area contributed by atoms with Crippen molar-refractivity contribution >= 4 is 0 Å². The van der Waals surface area contributed by atoms with Gasteiger partial charge in [-0.25, -0.2) is 0 Å². The van der Waals surface area contributed by atoms with E-state index in [0.717, 1.165) is 5.92 Å². The van der Waals surface area contributed by atoms with Crippen LogP contribution in [0.5, 0.6) is 0 Å². The van der Waals surface area contributed by atoms with Crippen molar-refractivity contribution in [2.24, 2.45) is 11.3 Å². The SMILES string of the molecule is CNCC1(CN2CC(C)N(C)C(C)C2)CCCC(C)C1. The third-order valence-corrected chi connectivity index (χ3v) is 5.73. The molecule has 1 N–H and O–H groups in total. The maximum atomic E-state index is 3.48. The third kappa shape index (κ3) is 3.75. The summed E-state index contributed by atoms with van der Waals surface area (Å²) in [5.41, 5.74) is 0.516. The molecule has 1 saturated carbocycles. The van der Waals surface area contributed by atoms with Crippen LogP contribution in [0.25, 0.3) is 0 Å². The zero-order valence-electron chi connectivity index (χ0n) is 14.3. The lowest BCUT2D eigenvalue weighted by molar-refractivity contribution is 0.0134. The van der Waals surface area contributed by atoms with Gasteiger partial charge in [-0.2, -0.15) is 0 Å². The molecule has 2 aliphatic rings. The molecule has 0 aromatic carbocycles. The molecule has 1 aliphatic carbocycles. The van der Waals surface area contributed by atoms with E-state index in [4.69, 9.17) is 0 Å². The van der Waals surface area contributed by atoms with Crippen molar-refractivity contribution in [3.05, 3.63) is 0 Å². The summed E-state index contributed by atoms with van der Waals surface area (Å²) in [5, 5.41) is 3.48. The minimum Gasteiger partial charge on any atom is -0.319 e. The van der Waals surface area contributed by atoms with E-state index in [0.29, 0.717) is 17.5 Å². The van der Waals surface area contributed by atoms with Crippen LogP contribution in [0.1, 0.15) is 46.5 Å². The van der Waals surface area contributed by atoms with Crippen molar-refractivity contribution in [1.82, 2.24) is 15.1 Å². The molecule has 1 heterocycles. The first-order valence-electron chi connectivity index (χ1n) is 8.55. The highest BCUT2D eigenvalue weighted by atomic mass is 15.3. The van der Waals surface area contributed by atoms with Gasteiger partial charge in [-0.05, 0) is 52.1 Å². The summed E-state index contributed by atoms with van der Waals surface area (Å²) in [7, 11) is 4.40. The number of rotatable bonds is 4. The molecular formula is C17H35N3. The number of hydrogen-bond acceptors (Lipinski definition) is 3. The maximum Gasteiger partial charge on any atom is 0.0195 e. The predicted octanol–water partition coefficient (Wildman–Crippen LogP) is 2.43. The lowest BCUT2D eigenvalue weighted by Crippen LogP contribution is -2.58. The predicted molar refractivity (Wildman–Crippen MR) is 87.1 cm³/mol. The quantitative estimate of drug-likeness (QED) is 0.854. The Bertz CT molecular complexity index is 291. The van der Waals surface area contributed by atoms with E-state index in [1.807, 2.05) is 0 Å². The summed E-state index contributed by atoms with van der Waals surface area (Å²) in [6, 6.07) is 1.37. The van der Waals surface area contributed by atoms with E-state index in [1.165, 1.54) is 51.9 Å². The second-order valence-corrected chi connectivity index (χ2v) is 7.79. The number of likely N-dealkylation sites (N-methyl/N-ethyl adjacent to an activating group) is 1. The first-order valence-corrected chi connectivity index (χ1v) is 8.55. The third-order valence-electron chi connectivity index (χ3n) is 5.73. The second kappa shape index (κ2) is 6.76. The molecule has 0 aromatic rings. The van der Waals surface area contributed by atoms with E-state index in [9.17, 15) is 0 Å².